The molecule has 0 amide bonds. The van der Waals surface area contributed by atoms with E-state index in [0.717, 1.165) is 5.56 Å². The summed E-state index contributed by atoms with van der Waals surface area (Å²) in [5.41, 5.74) is 1.75. The largest absolute Gasteiger partial charge is 0.466 e. The lowest BCUT2D eigenvalue weighted by Gasteiger charge is -2.02. The van der Waals surface area contributed by atoms with E-state index in [0.29, 0.717) is 24.4 Å². The molecule has 0 aliphatic heterocycles. The van der Waals surface area contributed by atoms with Gasteiger partial charge in [-0.2, -0.15) is 0 Å². The summed E-state index contributed by atoms with van der Waals surface area (Å²) in [4.78, 5) is 11.8. The van der Waals surface area contributed by atoms with Crippen LogP contribution in [0.4, 0.5) is 0 Å². The molecular formula is C14H14O3. The maximum absolute atomic E-state index is 11.8. The van der Waals surface area contributed by atoms with E-state index in [9.17, 15) is 4.79 Å². The molecule has 0 saturated heterocycles. The zero-order chi connectivity index (χ0) is 12.1. The summed E-state index contributed by atoms with van der Waals surface area (Å²) < 4.78 is 10.2. The van der Waals surface area contributed by atoms with E-state index in [1.807, 2.05) is 30.3 Å². The predicted molar refractivity (Wildman–Crippen MR) is 64.9 cm³/mol. The Hall–Kier alpha value is -1.87. The molecule has 3 heteroatoms. The van der Waals surface area contributed by atoms with Crippen molar-refractivity contribution in [1.82, 2.24) is 0 Å². The molecule has 0 atom stereocenters. The molecule has 17 heavy (non-hydrogen) atoms. The molecule has 0 N–H and O–H groups in total. The van der Waals surface area contributed by atoms with Gasteiger partial charge in [-0.05, 0) is 5.56 Å². The molecule has 0 unspecified atom stereocenters. The van der Waals surface area contributed by atoms with Crippen LogP contribution in [0.15, 0.2) is 51.9 Å². The Morgan fingerprint density at radius 1 is 1.24 bits per heavy atom. The van der Waals surface area contributed by atoms with E-state index in [-0.39, 0.29) is 5.43 Å². The second-order valence-electron chi connectivity index (χ2n) is 3.83. The van der Waals surface area contributed by atoms with Crippen molar-refractivity contribution in [3.8, 4) is 0 Å². The highest BCUT2D eigenvalue weighted by Crippen LogP contribution is 2.07. The van der Waals surface area contributed by atoms with E-state index >= 15 is 0 Å². The summed E-state index contributed by atoms with van der Waals surface area (Å²) in [6, 6.07) is 11.3. The number of hydrogen-bond acceptors (Lipinski definition) is 3. The third-order valence-electron chi connectivity index (χ3n) is 2.49. The zero-order valence-electron chi connectivity index (χ0n) is 9.68. The van der Waals surface area contributed by atoms with Crippen molar-refractivity contribution in [2.75, 3.05) is 7.11 Å². The van der Waals surface area contributed by atoms with Gasteiger partial charge in [0.1, 0.15) is 12.4 Å². The monoisotopic (exact) mass is 230 g/mol. The molecule has 0 saturated carbocycles. The van der Waals surface area contributed by atoms with Crippen molar-refractivity contribution in [3.63, 3.8) is 0 Å². The van der Waals surface area contributed by atoms with Crippen molar-refractivity contribution in [3.05, 3.63) is 69.8 Å². The highest BCUT2D eigenvalue weighted by Gasteiger charge is 2.04. The van der Waals surface area contributed by atoms with Gasteiger partial charge in [0, 0.05) is 25.2 Å². The van der Waals surface area contributed by atoms with Crippen LogP contribution in [0.2, 0.25) is 0 Å². The van der Waals surface area contributed by atoms with Crippen LogP contribution >= 0.6 is 0 Å². The van der Waals surface area contributed by atoms with Gasteiger partial charge in [0.05, 0.1) is 6.26 Å². The van der Waals surface area contributed by atoms with Gasteiger partial charge < -0.3 is 9.15 Å². The number of hydrogen-bond donors (Lipinski definition) is 0. The fourth-order valence-electron chi connectivity index (χ4n) is 1.64. The molecule has 3 nitrogen and oxygen atoms in total. The topological polar surface area (TPSA) is 39.4 Å². The average Bonchev–Trinajstić information content (AvgIpc) is 2.34. The Morgan fingerprint density at radius 3 is 2.65 bits per heavy atom. The summed E-state index contributed by atoms with van der Waals surface area (Å²) in [6.45, 7) is 0.320. The number of methoxy groups -OCH3 is 1. The second-order valence-corrected chi connectivity index (χ2v) is 3.83. The minimum absolute atomic E-state index is 0.00727. The quantitative estimate of drug-likeness (QED) is 0.809. The van der Waals surface area contributed by atoms with Crippen molar-refractivity contribution in [2.24, 2.45) is 0 Å². The number of ether oxygens (including phenoxy) is 1. The molecule has 2 rings (SSSR count). The first kappa shape index (κ1) is 11.6. The van der Waals surface area contributed by atoms with Gasteiger partial charge >= 0.3 is 0 Å². The Kier molecular flexibility index (Phi) is 3.73. The molecular weight excluding hydrogens is 216 g/mol. The fourth-order valence-corrected chi connectivity index (χ4v) is 1.64. The van der Waals surface area contributed by atoms with Gasteiger partial charge in [0.2, 0.25) is 0 Å². The maximum Gasteiger partial charge on any atom is 0.188 e. The van der Waals surface area contributed by atoms with E-state index in [1.54, 1.807) is 7.11 Å². The van der Waals surface area contributed by atoms with Gasteiger partial charge in [-0.3, -0.25) is 4.79 Å². The molecule has 0 bridgehead atoms. The van der Waals surface area contributed by atoms with Crippen LogP contribution in [0.25, 0.3) is 0 Å². The molecule has 0 spiro atoms. The van der Waals surface area contributed by atoms with Crippen molar-refractivity contribution in [2.45, 2.75) is 13.0 Å². The summed E-state index contributed by atoms with van der Waals surface area (Å²) >= 11 is 0. The van der Waals surface area contributed by atoms with Gasteiger partial charge in [-0.15, -0.1) is 0 Å². The van der Waals surface area contributed by atoms with E-state index in [2.05, 4.69) is 0 Å². The van der Waals surface area contributed by atoms with Crippen LogP contribution in [0, 0.1) is 0 Å². The first-order chi connectivity index (χ1) is 8.29. The third kappa shape index (κ3) is 3.04. The standard InChI is InChI=1S/C14H14O3/c1-16-10-13-8-14(15)12(9-17-13)7-11-5-3-2-4-6-11/h2-6,8-9H,7,10H2,1H3. The Bertz CT molecular complexity index is 529. The Labute approximate surface area is 99.7 Å². The molecule has 0 aliphatic carbocycles. The lowest BCUT2D eigenvalue weighted by atomic mass is 10.1. The van der Waals surface area contributed by atoms with Crippen molar-refractivity contribution >= 4 is 0 Å². The van der Waals surface area contributed by atoms with Gasteiger partial charge in [-0.1, -0.05) is 30.3 Å². The normalized spacial score (nSPS) is 10.4. The molecule has 1 aromatic carbocycles. The van der Waals surface area contributed by atoms with Crippen LogP contribution < -0.4 is 5.43 Å². The van der Waals surface area contributed by atoms with Crippen LogP contribution in [0.1, 0.15) is 16.9 Å². The molecule has 2 aromatic rings. The van der Waals surface area contributed by atoms with Crippen molar-refractivity contribution in [1.29, 1.82) is 0 Å². The van der Waals surface area contributed by atoms with Crippen LogP contribution in [0.3, 0.4) is 0 Å². The van der Waals surface area contributed by atoms with Gasteiger partial charge in [0.15, 0.2) is 5.43 Å². The number of rotatable bonds is 4. The van der Waals surface area contributed by atoms with Crippen LogP contribution in [-0.2, 0) is 17.8 Å². The fraction of sp³-hybridized carbons (Fsp3) is 0.214. The smallest absolute Gasteiger partial charge is 0.188 e. The molecule has 0 fully saturated rings. The SMILES string of the molecule is COCc1cc(=O)c(Cc2ccccc2)co1. The predicted octanol–water partition coefficient (Wildman–Crippen LogP) is 2.38. The first-order valence-corrected chi connectivity index (χ1v) is 5.43. The van der Waals surface area contributed by atoms with E-state index in [1.165, 1.54) is 12.3 Å². The third-order valence-corrected chi connectivity index (χ3v) is 2.49. The second kappa shape index (κ2) is 5.46. The average molecular weight is 230 g/mol. The minimum Gasteiger partial charge on any atom is -0.466 e. The highest BCUT2D eigenvalue weighted by atomic mass is 16.5. The zero-order valence-corrected chi connectivity index (χ0v) is 9.68. The van der Waals surface area contributed by atoms with Gasteiger partial charge in [-0.25, -0.2) is 0 Å². The lowest BCUT2D eigenvalue weighted by Crippen LogP contribution is -2.09. The molecule has 1 heterocycles. The molecule has 88 valence electrons. The summed E-state index contributed by atoms with van der Waals surface area (Å²) in [5, 5.41) is 0. The minimum atomic E-state index is -0.00727. The molecule has 1 aromatic heterocycles. The van der Waals surface area contributed by atoms with Crippen LogP contribution in [0.5, 0.6) is 0 Å². The summed E-state index contributed by atoms with van der Waals surface area (Å²) in [7, 11) is 1.57. The summed E-state index contributed by atoms with van der Waals surface area (Å²) in [6.07, 6.45) is 2.11. The Balaban J connectivity index is 2.20. The Morgan fingerprint density at radius 2 is 2.00 bits per heavy atom. The van der Waals surface area contributed by atoms with E-state index < -0.39 is 0 Å². The first-order valence-electron chi connectivity index (χ1n) is 5.43. The lowest BCUT2D eigenvalue weighted by molar-refractivity contribution is 0.162. The maximum atomic E-state index is 11.8. The van der Waals surface area contributed by atoms with Gasteiger partial charge in [0.25, 0.3) is 0 Å². The molecule has 0 radical (unpaired) electrons. The summed E-state index contributed by atoms with van der Waals surface area (Å²) in [5.74, 6) is 0.550. The number of benzene rings is 1. The van der Waals surface area contributed by atoms with E-state index in [4.69, 9.17) is 9.15 Å². The highest BCUT2D eigenvalue weighted by molar-refractivity contribution is 5.23. The van der Waals surface area contributed by atoms with Crippen LogP contribution in [-0.4, -0.2) is 7.11 Å². The van der Waals surface area contributed by atoms with Crippen molar-refractivity contribution < 1.29 is 9.15 Å². The molecule has 0 aliphatic rings.